The van der Waals surface area contributed by atoms with E-state index in [9.17, 15) is 23.4 Å². The minimum atomic E-state index is -3.34. The Kier molecular flexibility index (Phi) is 7.12. The molecule has 0 saturated carbocycles. The lowest BCUT2D eigenvalue weighted by atomic mass is 9.77. The van der Waals surface area contributed by atoms with Crippen LogP contribution in [0.25, 0.3) is 0 Å². The van der Waals surface area contributed by atoms with Gasteiger partial charge in [-0.1, -0.05) is 49.7 Å². The molecule has 0 aliphatic carbocycles. The van der Waals surface area contributed by atoms with Crippen molar-refractivity contribution in [1.82, 2.24) is 0 Å². The second-order valence-corrected chi connectivity index (χ2v) is 10.6. The Morgan fingerprint density at radius 3 is 2.15 bits per heavy atom. The van der Waals surface area contributed by atoms with Gasteiger partial charge < -0.3 is 14.9 Å². The van der Waals surface area contributed by atoms with Crippen LogP contribution in [0.4, 0.5) is 0 Å². The number of rotatable bonds is 9. The topological polar surface area (TPSA) is 101 Å². The van der Waals surface area contributed by atoms with E-state index >= 15 is 0 Å². The number of hydrogen-bond acceptors (Lipinski definition) is 5. The highest BCUT2D eigenvalue weighted by molar-refractivity contribution is 7.91. The van der Waals surface area contributed by atoms with Crippen molar-refractivity contribution in [2.24, 2.45) is 0 Å². The Balaban J connectivity index is 1.61. The monoisotopic (exact) mass is 468 g/mol. The van der Waals surface area contributed by atoms with E-state index in [2.05, 4.69) is 0 Å². The highest BCUT2D eigenvalue weighted by Gasteiger charge is 2.25. The van der Waals surface area contributed by atoms with Crippen molar-refractivity contribution in [3.8, 4) is 11.5 Å². The number of phenols is 1. The summed E-state index contributed by atoms with van der Waals surface area (Å²) in [7, 11) is -3.34. The van der Waals surface area contributed by atoms with Crippen LogP contribution in [0.5, 0.6) is 11.5 Å². The van der Waals surface area contributed by atoms with E-state index in [4.69, 9.17) is 4.74 Å². The van der Waals surface area contributed by atoms with Crippen molar-refractivity contribution in [3.05, 3.63) is 89.0 Å². The fourth-order valence-corrected chi connectivity index (χ4v) is 4.82. The van der Waals surface area contributed by atoms with Crippen LogP contribution >= 0.6 is 0 Å². The van der Waals surface area contributed by atoms with Crippen LogP contribution in [0.3, 0.4) is 0 Å². The third-order valence-corrected chi connectivity index (χ3v) is 7.55. The molecule has 0 saturated heterocycles. The van der Waals surface area contributed by atoms with E-state index in [0.717, 1.165) is 16.7 Å². The lowest BCUT2D eigenvalue weighted by molar-refractivity contribution is 0.0693. The second kappa shape index (κ2) is 9.67. The number of ether oxygens (including phenoxy) is 1. The lowest BCUT2D eigenvalue weighted by Crippen LogP contribution is -2.19. The van der Waals surface area contributed by atoms with Gasteiger partial charge in [-0.3, -0.25) is 0 Å². The summed E-state index contributed by atoms with van der Waals surface area (Å²) in [4.78, 5) is 11.7. The normalized spacial score (nSPS) is 11.8. The molecule has 0 aromatic heterocycles. The van der Waals surface area contributed by atoms with Crippen LogP contribution in [0.15, 0.2) is 71.6 Å². The summed E-state index contributed by atoms with van der Waals surface area (Å²) in [6, 6.07) is 18.8. The maximum absolute atomic E-state index is 12.4. The van der Waals surface area contributed by atoms with Crippen molar-refractivity contribution in [3.63, 3.8) is 0 Å². The first-order valence-corrected chi connectivity index (χ1v) is 12.3. The molecule has 2 N–H and O–H groups in total. The van der Waals surface area contributed by atoms with E-state index in [1.54, 1.807) is 30.3 Å². The number of aryl methyl sites for hydroxylation is 1. The fourth-order valence-electron chi connectivity index (χ4n) is 3.53. The molecule has 174 valence electrons. The molecule has 0 aliphatic rings. The lowest BCUT2D eigenvalue weighted by Gasteiger charge is -2.27. The molecule has 0 amide bonds. The molecule has 0 radical (unpaired) electrons. The van der Waals surface area contributed by atoms with Crippen molar-refractivity contribution in [1.29, 1.82) is 0 Å². The Morgan fingerprint density at radius 1 is 0.939 bits per heavy atom. The molecular formula is C26H28O6S. The molecule has 0 bridgehead atoms. The summed E-state index contributed by atoms with van der Waals surface area (Å²) in [6.45, 7) is 6.12. The number of hydrogen-bond donors (Lipinski definition) is 2. The van der Waals surface area contributed by atoms with Gasteiger partial charge in [0.1, 0.15) is 17.1 Å². The Morgan fingerprint density at radius 2 is 1.55 bits per heavy atom. The van der Waals surface area contributed by atoms with Gasteiger partial charge in [-0.05, 0) is 60.9 Å². The summed E-state index contributed by atoms with van der Waals surface area (Å²) in [5.74, 6) is -0.818. The summed E-state index contributed by atoms with van der Waals surface area (Å²) < 4.78 is 30.6. The van der Waals surface area contributed by atoms with Gasteiger partial charge >= 0.3 is 5.97 Å². The van der Waals surface area contributed by atoms with Crippen molar-refractivity contribution in [2.45, 2.75) is 37.5 Å². The van der Waals surface area contributed by atoms with Crippen LogP contribution in [0, 0.1) is 6.92 Å². The Hall–Kier alpha value is -3.32. The van der Waals surface area contributed by atoms with Crippen molar-refractivity contribution in [2.75, 3.05) is 12.4 Å². The first kappa shape index (κ1) is 24.3. The number of aromatic carboxylic acids is 1. The quantitative estimate of drug-likeness (QED) is 0.430. The molecule has 0 spiro atoms. The van der Waals surface area contributed by atoms with Crippen LogP contribution in [-0.2, 0) is 15.3 Å². The average Bonchev–Trinajstić information content (AvgIpc) is 2.77. The van der Waals surface area contributed by atoms with Crippen molar-refractivity contribution >= 4 is 15.8 Å². The van der Waals surface area contributed by atoms with Crippen LogP contribution in [0.2, 0.25) is 0 Å². The van der Waals surface area contributed by atoms with Crippen LogP contribution in [-0.4, -0.2) is 37.0 Å². The molecule has 6 nitrogen and oxygen atoms in total. The third-order valence-electron chi connectivity index (χ3n) is 5.73. The van der Waals surface area contributed by atoms with Crippen molar-refractivity contribution < 1.29 is 28.2 Å². The van der Waals surface area contributed by atoms with Gasteiger partial charge in [0.05, 0.1) is 17.3 Å². The molecule has 0 heterocycles. The molecule has 7 heteroatoms. The fraction of sp³-hybridized carbons (Fsp3) is 0.269. The van der Waals surface area contributed by atoms with E-state index in [0.29, 0.717) is 17.1 Å². The first-order chi connectivity index (χ1) is 15.5. The zero-order chi connectivity index (χ0) is 24.2. The highest BCUT2D eigenvalue weighted by atomic mass is 32.2. The van der Waals surface area contributed by atoms with E-state index < -0.39 is 21.2 Å². The predicted octanol–water partition coefficient (Wildman–Crippen LogP) is 4.97. The minimum absolute atomic E-state index is 0.00788. The maximum Gasteiger partial charge on any atom is 0.339 e. The predicted molar refractivity (Wildman–Crippen MR) is 127 cm³/mol. The standard InChI is InChI=1S/C26H28O6S/c1-18-5-12-22(13-6-18)33(30,31)16-4-15-32-21-10-7-19(8-11-21)26(2,3)20-9-14-24(27)23(17-20)25(28)29/h5-14,17,27H,4,15-16H2,1-3H3,(H,28,29). The molecule has 33 heavy (non-hydrogen) atoms. The molecule has 0 fully saturated rings. The molecule has 3 aromatic rings. The average molecular weight is 469 g/mol. The Labute approximate surface area is 194 Å². The second-order valence-electron chi connectivity index (χ2n) is 8.52. The van der Waals surface area contributed by atoms with E-state index in [1.165, 1.54) is 12.1 Å². The summed E-state index contributed by atoms with van der Waals surface area (Å²) in [5.41, 5.74) is 2.07. The molecule has 3 rings (SSSR count). The van der Waals surface area contributed by atoms with E-state index in [1.807, 2.05) is 45.0 Å². The maximum atomic E-state index is 12.4. The number of carboxylic acid groups (broad SMARTS) is 1. The SMILES string of the molecule is Cc1ccc(S(=O)(=O)CCCOc2ccc(C(C)(C)c3ccc(O)c(C(=O)O)c3)cc2)cc1. The molecular weight excluding hydrogens is 440 g/mol. The number of carbonyl (C=O) groups is 1. The largest absolute Gasteiger partial charge is 0.507 e. The van der Waals surface area contributed by atoms with Crippen LogP contribution < -0.4 is 4.74 Å². The van der Waals surface area contributed by atoms with Gasteiger partial charge in [-0.15, -0.1) is 0 Å². The smallest absolute Gasteiger partial charge is 0.339 e. The number of carboxylic acids is 1. The molecule has 0 aliphatic heterocycles. The third kappa shape index (κ3) is 5.73. The number of sulfone groups is 1. The van der Waals surface area contributed by atoms with E-state index in [-0.39, 0.29) is 23.7 Å². The molecule has 3 aromatic carbocycles. The van der Waals surface area contributed by atoms with Gasteiger partial charge in [-0.25, -0.2) is 13.2 Å². The van der Waals surface area contributed by atoms with Gasteiger partial charge in [0.2, 0.25) is 0 Å². The zero-order valence-corrected chi connectivity index (χ0v) is 19.7. The number of aromatic hydroxyl groups is 1. The molecule has 0 unspecified atom stereocenters. The molecule has 0 atom stereocenters. The van der Waals surface area contributed by atoms with Gasteiger partial charge in [-0.2, -0.15) is 0 Å². The summed E-state index contributed by atoms with van der Waals surface area (Å²) in [6.07, 6.45) is 0.370. The van der Waals surface area contributed by atoms with Crippen LogP contribution in [0.1, 0.15) is 47.3 Å². The first-order valence-electron chi connectivity index (χ1n) is 10.6. The van der Waals surface area contributed by atoms with Gasteiger partial charge in [0, 0.05) is 5.41 Å². The zero-order valence-electron chi connectivity index (χ0n) is 18.9. The summed E-state index contributed by atoms with van der Waals surface area (Å²) >= 11 is 0. The van der Waals surface area contributed by atoms with Gasteiger partial charge in [0.25, 0.3) is 0 Å². The highest BCUT2D eigenvalue weighted by Crippen LogP contribution is 2.34. The minimum Gasteiger partial charge on any atom is -0.507 e. The Bertz CT molecular complexity index is 1230. The number of benzene rings is 3. The van der Waals surface area contributed by atoms with Gasteiger partial charge in [0.15, 0.2) is 9.84 Å². The summed E-state index contributed by atoms with van der Waals surface area (Å²) in [5, 5.41) is 19.0.